The Morgan fingerprint density at radius 1 is 1.08 bits per heavy atom. The average Bonchev–Trinajstić information content (AvgIpc) is 2.57. The van der Waals surface area contributed by atoms with Crippen LogP contribution in [0.25, 0.3) is 0 Å². The SMILES string of the molecule is Cc1cc(OCCNCCCc2ccccc2)c(C(C)C)cc1O.Cl. The van der Waals surface area contributed by atoms with Gasteiger partial charge in [-0.05, 0) is 55.5 Å². The zero-order valence-corrected chi connectivity index (χ0v) is 16.2. The first-order chi connectivity index (χ1) is 11.6. The second kappa shape index (κ2) is 11.0. The van der Waals surface area contributed by atoms with Gasteiger partial charge in [0.05, 0.1) is 0 Å². The molecule has 0 radical (unpaired) electrons. The third-order valence-corrected chi connectivity index (χ3v) is 4.15. The third kappa shape index (κ3) is 6.97. The molecule has 2 aromatic carbocycles. The van der Waals surface area contributed by atoms with E-state index in [-0.39, 0.29) is 12.4 Å². The van der Waals surface area contributed by atoms with Gasteiger partial charge in [0.2, 0.25) is 0 Å². The molecule has 0 saturated heterocycles. The Morgan fingerprint density at radius 3 is 2.48 bits per heavy atom. The lowest BCUT2D eigenvalue weighted by Gasteiger charge is -2.16. The Kier molecular flexibility index (Phi) is 9.40. The molecule has 0 unspecified atom stereocenters. The van der Waals surface area contributed by atoms with Gasteiger partial charge in [0.15, 0.2) is 0 Å². The monoisotopic (exact) mass is 363 g/mol. The lowest BCUT2D eigenvalue weighted by Crippen LogP contribution is -2.22. The lowest BCUT2D eigenvalue weighted by atomic mass is 10.00. The van der Waals surface area contributed by atoms with Gasteiger partial charge in [0, 0.05) is 12.1 Å². The maximum Gasteiger partial charge on any atom is 0.123 e. The van der Waals surface area contributed by atoms with Crippen molar-refractivity contribution in [3.63, 3.8) is 0 Å². The van der Waals surface area contributed by atoms with E-state index in [1.54, 1.807) is 0 Å². The van der Waals surface area contributed by atoms with Crippen LogP contribution < -0.4 is 10.1 Å². The van der Waals surface area contributed by atoms with E-state index >= 15 is 0 Å². The number of nitrogens with one attached hydrogen (secondary N) is 1. The number of benzene rings is 2. The van der Waals surface area contributed by atoms with Gasteiger partial charge in [-0.2, -0.15) is 0 Å². The molecule has 0 spiro atoms. The van der Waals surface area contributed by atoms with Crippen molar-refractivity contribution < 1.29 is 9.84 Å². The topological polar surface area (TPSA) is 41.5 Å². The number of rotatable bonds is 9. The Morgan fingerprint density at radius 2 is 1.80 bits per heavy atom. The van der Waals surface area contributed by atoms with Gasteiger partial charge in [-0.15, -0.1) is 12.4 Å². The summed E-state index contributed by atoms with van der Waals surface area (Å²) in [5, 5.41) is 13.3. The summed E-state index contributed by atoms with van der Waals surface area (Å²) < 4.78 is 5.93. The second-order valence-corrected chi connectivity index (χ2v) is 6.52. The van der Waals surface area contributed by atoms with E-state index in [1.807, 2.05) is 19.1 Å². The molecule has 0 bridgehead atoms. The molecule has 0 heterocycles. The Bertz CT molecular complexity index is 629. The molecule has 0 saturated carbocycles. The molecule has 2 aromatic rings. The second-order valence-electron chi connectivity index (χ2n) is 6.52. The molecule has 0 aromatic heterocycles. The maximum absolute atomic E-state index is 9.87. The van der Waals surface area contributed by atoms with E-state index in [9.17, 15) is 5.11 Å². The standard InChI is InChI=1S/C21H29NO2.ClH/c1-16(2)19-15-20(23)17(3)14-21(19)24-13-12-22-11-7-10-18-8-5-4-6-9-18;/h4-6,8-9,14-16,22-23H,7,10-13H2,1-3H3;1H. The average molecular weight is 364 g/mol. The van der Waals surface area contributed by atoms with Crippen molar-refractivity contribution in [3.05, 3.63) is 59.2 Å². The van der Waals surface area contributed by atoms with Crippen LogP contribution in [0.15, 0.2) is 42.5 Å². The highest BCUT2D eigenvalue weighted by molar-refractivity contribution is 5.85. The minimum absolute atomic E-state index is 0. The molecule has 0 amide bonds. The molecule has 3 nitrogen and oxygen atoms in total. The molecule has 0 fully saturated rings. The molecular formula is C21H30ClNO2. The molecule has 2 N–H and O–H groups in total. The van der Waals surface area contributed by atoms with E-state index in [4.69, 9.17) is 4.74 Å². The van der Waals surface area contributed by atoms with Gasteiger partial charge in [0.25, 0.3) is 0 Å². The molecule has 138 valence electrons. The quantitative estimate of drug-likeness (QED) is 0.626. The number of aryl methyl sites for hydroxylation is 2. The van der Waals surface area contributed by atoms with Crippen LogP contribution in [-0.2, 0) is 6.42 Å². The van der Waals surface area contributed by atoms with Crippen LogP contribution in [-0.4, -0.2) is 24.8 Å². The molecule has 0 atom stereocenters. The number of hydrogen-bond acceptors (Lipinski definition) is 3. The molecule has 0 aliphatic heterocycles. The number of phenolic OH excluding ortho intramolecular Hbond substituents is 1. The first kappa shape index (κ1) is 21.3. The fourth-order valence-electron chi connectivity index (χ4n) is 2.68. The van der Waals surface area contributed by atoms with E-state index in [2.05, 4.69) is 49.5 Å². The van der Waals surface area contributed by atoms with E-state index in [0.29, 0.717) is 18.3 Å². The number of aromatic hydroxyl groups is 1. The molecule has 25 heavy (non-hydrogen) atoms. The minimum Gasteiger partial charge on any atom is -0.508 e. The van der Waals surface area contributed by atoms with Crippen molar-refractivity contribution in [3.8, 4) is 11.5 Å². The molecular weight excluding hydrogens is 334 g/mol. The van der Waals surface area contributed by atoms with Crippen molar-refractivity contribution in [2.75, 3.05) is 19.7 Å². The number of halogens is 1. The molecule has 4 heteroatoms. The van der Waals surface area contributed by atoms with Crippen LogP contribution in [0.2, 0.25) is 0 Å². The largest absolute Gasteiger partial charge is 0.508 e. The number of ether oxygens (including phenoxy) is 1. The first-order valence-corrected chi connectivity index (χ1v) is 8.79. The Labute approximate surface area is 157 Å². The summed E-state index contributed by atoms with van der Waals surface area (Å²) in [4.78, 5) is 0. The minimum atomic E-state index is 0. The van der Waals surface area contributed by atoms with Crippen molar-refractivity contribution in [1.82, 2.24) is 5.32 Å². The fraction of sp³-hybridized carbons (Fsp3) is 0.429. The Balaban J connectivity index is 0.00000312. The summed E-state index contributed by atoms with van der Waals surface area (Å²) in [7, 11) is 0. The van der Waals surface area contributed by atoms with Gasteiger partial charge >= 0.3 is 0 Å². The van der Waals surface area contributed by atoms with Gasteiger partial charge in [-0.3, -0.25) is 0 Å². The Hall–Kier alpha value is -1.71. The summed E-state index contributed by atoms with van der Waals surface area (Å²) in [6.07, 6.45) is 2.23. The number of phenols is 1. The summed E-state index contributed by atoms with van der Waals surface area (Å²) in [5.74, 6) is 1.54. The van der Waals surface area contributed by atoms with Crippen LogP contribution in [0.5, 0.6) is 11.5 Å². The summed E-state index contributed by atoms with van der Waals surface area (Å²) in [5.41, 5.74) is 3.30. The molecule has 0 aliphatic rings. The van der Waals surface area contributed by atoms with Crippen LogP contribution in [0.3, 0.4) is 0 Å². The molecule has 2 rings (SSSR count). The van der Waals surface area contributed by atoms with E-state index < -0.39 is 0 Å². The maximum atomic E-state index is 9.87. The van der Waals surface area contributed by atoms with Crippen LogP contribution in [0.1, 0.15) is 42.9 Å². The van der Waals surface area contributed by atoms with Crippen molar-refractivity contribution >= 4 is 12.4 Å². The summed E-state index contributed by atoms with van der Waals surface area (Å²) >= 11 is 0. The summed E-state index contributed by atoms with van der Waals surface area (Å²) in [6, 6.07) is 14.3. The highest BCUT2D eigenvalue weighted by Gasteiger charge is 2.11. The van der Waals surface area contributed by atoms with Gasteiger partial charge in [-0.25, -0.2) is 0 Å². The van der Waals surface area contributed by atoms with Gasteiger partial charge in [0.1, 0.15) is 18.1 Å². The van der Waals surface area contributed by atoms with Gasteiger partial charge in [-0.1, -0.05) is 44.2 Å². The number of hydrogen-bond donors (Lipinski definition) is 2. The summed E-state index contributed by atoms with van der Waals surface area (Å²) in [6.45, 7) is 8.57. The predicted molar refractivity (Wildman–Crippen MR) is 107 cm³/mol. The predicted octanol–water partition coefficient (Wildman–Crippen LogP) is 4.85. The highest BCUT2D eigenvalue weighted by atomic mass is 35.5. The third-order valence-electron chi connectivity index (χ3n) is 4.15. The van der Waals surface area contributed by atoms with Crippen molar-refractivity contribution in [2.24, 2.45) is 0 Å². The van der Waals surface area contributed by atoms with Gasteiger partial charge < -0.3 is 15.2 Å². The van der Waals surface area contributed by atoms with Crippen LogP contribution in [0.4, 0.5) is 0 Å². The fourth-order valence-corrected chi connectivity index (χ4v) is 2.68. The van der Waals surface area contributed by atoms with E-state index in [1.165, 1.54) is 5.56 Å². The smallest absolute Gasteiger partial charge is 0.123 e. The van der Waals surface area contributed by atoms with E-state index in [0.717, 1.165) is 42.8 Å². The van der Waals surface area contributed by atoms with Crippen molar-refractivity contribution in [1.29, 1.82) is 0 Å². The highest BCUT2D eigenvalue weighted by Crippen LogP contribution is 2.32. The van der Waals surface area contributed by atoms with Crippen LogP contribution in [0, 0.1) is 6.92 Å². The lowest BCUT2D eigenvalue weighted by molar-refractivity contribution is 0.308. The molecule has 0 aliphatic carbocycles. The first-order valence-electron chi connectivity index (χ1n) is 8.79. The van der Waals surface area contributed by atoms with Crippen molar-refractivity contribution in [2.45, 2.75) is 39.5 Å². The van der Waals surface area contributed by atoms with Crippen LogP contribution >= 0.6 is 12.4 Å². The zero-order chi connectivity index (χ0) is 17.4. The normalized spacial score (nSPS) is 10.6. The zero-order valence-electron chi connectivity index (χ0n) is 15.4.